The van der Waals surface area contributed by atoms with Crippen LogP contribution in [0, 0.1) is 11.3 Å². The van der Waals surface area contributed by atoms with E-state index in [2.05, 4.69) is 52.8 Å². The maximum atomic E-state index is 9.74. The Bertz CT molecular complexity index is 331. The summed E-state index contributed by atoms with van der Waals surface area (Å²) in [5.74, 6) is 0.436. The summed E-state index contributed by atoms with van der Waals surface area (Å²) in [5.41, 5.74) is 2.71. The summed E-state index contributed by atoms with van der Waals surface area (Å²) in [7, 11) is 0. The molecule has 0 aromatic rings. The van der Waals surface area contributed by atoms with Gasteiger partial charge in [-0.25, -0.2) is 0 Å². The predicted octanol–water partition coefficient (Wildman–Crippen LogP) is 3.86. The second kappa shape index (κ2) is 5.01. The molecule has 0 aromatic carbocycles. The van der Waals surface area contributed by atoms with E-state index in [0.29, 0.717) is 5.92 Å². The standard InChI is InChI=1S/C15H24O/c1-6-11(2)7-8-14-12(3)9-13(16)10-15(14,4)5/h6-9,13-14,16H,10H2,1-5H3/b8-7+,11-6+. The molecule has 1 aliphatic rings. The van der Waals surface area contributed by atoms with Gasteiger partial charge >= 0.3 is 0 Å². The van der Waals surface area contributed by atoms with Crippen molar-refractivity contribution in [2.75, 3.05) is 0 Å². The summed E-state index contributed by atoms with van der Waals surface area (Å²) >= 11 is 0. The molecule has 0 spiro atoms. The van der Waals surface area contributed by atoms with Gasteiger partial charge in [-0.3, -0.25) is 0 Å². The average molecular weight is 220 g/mol. The van der Waals surface area contributed by atoms with Crippen LogP contribution >= 0.6 is 0 Å². The first-order valence-electron chi connectivity index (χ1n) is 6.04. The van der Waals surface area contributed by atoms with Gasteiger partial charge in [0.1, 0.15) is 0 Å². The molecule has 0 saturated heterocycles. The first-order chi connectivity index (χ1) is 7.36. The molecule has 1 rings (SSSR count). The Labute approximate surface area is 99.6 Å². The van der Waals surface area contributed by atoms with Gasteiger partial charge in [-0.1, -0.05) is 49.3 Å². The van der Waals surface area contributed by atoms with E-state index in [-0.39, 0.29) is 11.5 Å². The lowest BCUT2D eigenvalue weighted by Gasteiger charge is -2.38. The van der Waals surface area contributed by atoms with E-state index in [1.54, 1.807) is 0 Å². The van der Waals surface area contributed by atoms with E-state index in [4.69, 9.17) is 0 Å². The van der Waals surface area contributed by atoms with Crippen molar-refractivity contribution < 1.29 is 5.11 Å². The molecule has 1 aliphatic carbocycles. The summed E-state index contributed by atoms with van der Waals surface area (Å²) in [6, 6.07) is 0. The lowest BCUT2D eigenvalue weighted by molar-refractivity contribution is 0.117. The summed E-state index contributed by atoms with van der Waals surface area (Å²) in [4.78, 5) is 0. The predicted molar refractivity (Wildman–Crippen MR) is 70.2 cm³/mol. The van der Waals surface area contributed by atoms with Gasteiger partial charge in [-0.15, -0.1) is 0 Å². The fraction of sp³-hybridized carbons (Fsp3) is 0.600. The van der Waals surface area contributed by atoms with Gasteiger partial charge in [0.15, 0.2) is 0 Å². The van der Waals surface area contributed by atoms with Crippen LogP contribution in [-0.2, 0) is 0 Å². The molecule has 1 heteroatoms. The van der Waals surface area contributed by atoms with Gasteiger partial charge in [0, 0.05) is 5.92 Å². The zero-order valence-corrected chi connectivity index (χ0v) is 11.1. The van der Waals surface area contributed by atoms with Crippen LogP contribution in [0.25, 0.3) is 0 Å². The van der Waals surface area contributed by atoms with Crippen molar-refractivity contribution >= 4 is 0 Å². The third-order valence-electron chi connectivity index (χ3n) is 3.53. The van der Waals surface area contributed by atoms with Gasteiger partial charge in [-0.2, -0.15) is 0 Å². The van der Waals surface area contributed by atoms with E-state index in [0.717, 1.165) is 6.42 Å². The quantitative estimate of drug-likeness (QED) is 0.553. The first-order valence-corrected chi connectivity index (χ1v) is 6.04. The number of aliphatic hydroxyl groups excluding tert-OH is 1. The fourth-order valence-electron chi connectivity index (χ4n) is 2.50. The lowest BCUT2D eigenvalue weighted by atomic mass is 9.67. The SMILES string of the molecule is C/C=C(C)/C=C/C1C(C)=CC(O)CC1(C)C. The Morgan fingerprint density at radius 1 is 1.50 bits per heavy atom. The lowest BCUT2D eigenvalue weighted by Crippen LogP contribution is -2.32. The smallest absolute Gasteiger partial charge is 0.0729 e. The molecule has 0 amide bonds. The fourth-order valence-corrected chi connectivity index (χ4v) is 2.50. The number of rotatable bonds is 2. The van der Waals surface area contributed by atoms with Crippen molar-refractivity contribution in [1.82, 2.24) is 0 Å². The molecule has 90 valence electrons. The van der Waals surface area contributed by atoms with Gasteiger partial charge in [-0.05, 0) is 32.6 Å². The Kier molecular flexibility index (Phi) is 4.15. The van der Waals surface area contributed by atoms with Crippen molar-refractivity contribution in [2.45, 2.75) is 47.1 Å². The zero-order valence-electron chi connectivity index (χ0n) is 11.1. The summed E-state index contributed by atoms with van der Waals surface area (Å²) in [5, 5.41) is 9.74. The second-order valence-corrected chi connectivity index (χ2v) is 5.54. The molecule has 16 heavy (non-hydrogen) atoms. The molecule has 0 saturated carbocycles. The number of hydrogen-bond donors (Lipinski definition) is 1. The summed E-state index contributed by atoms with van der Waals surface area (Å²) < 4.78 is 0. The number of allylic oxidation sites excluding steroid dienone is 5. The van der Waals surface area contributed by atoms with E-state index in [1.165, 1.54) is 11.1 Å². The Morgan fingerprint density at radius 3 is 2.62 bits per heavy atom. The minimum absolute atomic E-state index is 0.142. The largest absolute Gasteiger partial charge is 0.389 e. The molecule has 0 aromatic heterocycles. The van der Waals surface area contributed by atoms with Crippen LogP contribution in [0.2, 0.25) is 0 Å². The Hall–Kier alpha value is -0.820. The van der Waals surface area contributed by atoms with E-state index in [1.807, 2.05) is 6.08 Å². The molecule has 0 aliphatic heterocycles. The van der Waals surface area contributed by atoms with Crippen LogP contribution < -0.4 is 0 Å². The monoisotopic (exact) mass is 220 g/mol. The third-order valence-corrected chi connectivity index (χ3v) is 3.53. The van der Waals surface area contributed by atoms with Crippen LogP contribution in [0.4, 0.5) is 0 Å². The van der Waals surface area contributed by atoms with Crippen LogP contribution in [0.5, 0.6) is 0 Å². The van der Waals surface area contributed by atoms with Crippen LogP contribution in [0.15, 0.2) is 35.5 Å². The number of hydrogen-bond acceptors (Lipinski definition) is 1. The van der Waals surface area contributed by atoms with E-state index in [9.17, 15) is 5.11 Å². The second-order valence-electron chi connectivity index (χ2n) is 5.54. The summed E-state index contributed by atoms with van der Waals surface area (Å²) in [6.07, 6.45) is 9.12. The third kappa shape index (κ3) is 3.08. The Balaban J connectivity index is 2.93. The molecule has 2 atom stereocenters. The van der Waals surface area contributed by atoms with Crippen molar-refractivity contribution in [1.29, 1.82) is 0 Å². The molecular formula is C15H24O. The maximum absolute atomic E-state index is 9.74. The first kappa shape index (κ1) is 13.2. The minimum Gasteiger partial charge on any atom is -0.389 e. The van der Waals surface area contributed by atoms with Crippen LogP contribution in [0.3, 0.4) is 0 Å². The maximum Gasteiger partial charge on any atom is 0.0729 e. The van der Waals surface area contributed by atoms with Gasteiger partial charge in [0.05, 0.1) is 6.10 Å². The van der Waals surface area contributed by atoms with Crippen molar-refractivity contribution in [3.8, 4) is 0 Å². The highest BCUT2D eigenvalue weighted by Crippen LogP contribution is 2.41. The van der Waals surface area contributed by atoms with Crippen LogP contribution in [0.1, 0.15) is 41.0 Å². The summed E-state index contributed by atoms with van der Waals surface area (Å²) in [6.45, 7) is 10.7. The number of aliphatic hydroxyl groups is 1. The normalized spacial score (nSPS) is 30.6. The van der Waals surface area contributed by atoms with Gasteiger partial charge in [0.25, 0.3) is 0 Å². The Morgan fingerprint density at radius 2 is 2.12 bits per heavy atom. The molecular weight excluding hydrogens is 196 g/mol. The van der Waals surface area contributed by atoms with Crippen LogP contribution in [-0.4, -0.2) is 11.2 Å². The highest BCUT2D eigenvalue weighted by atomic mass is 16.3. The molecule has 0 radical (unpaired) electrons. The molecule has 0 heterocycles. The van der Waals surface area contributed by atoms with E-state index >= 15 is 0 Å². The van der Waals surface area contributed by atoms with Crippen molar-refractivity contribution in [2.24, 2.45) is 11.3 Å². The molecule has 1 nitrogen and oxygen atoms in total. The highest BCUT2D eigenvalue weighted by Gasteiger charge is 2.34. The van der Waals surface area contributed by atoms with Gasteiger partial charge in [0.2, 0.25) is 0 Å². The van der Waals surface area contributed by atoms with E-state index < -0.39 is 0 Å². The van der Waals surface area contributed by atoms with Crippen molar-refractivity contribution in [3.05, 3.63) is 35.5 Å². The topological polar surface area (TPSA) is 20.2 Å². The highest BCUT2D eigenvalue weighted by molar-refractivity contribution is 5.25. The zero-order chi connectivity index (χ0) is 12.3. The molecule has 0 bridgehead atoms. The molecule has 0 fully saturated rings. The van der Waals surface area contributed by atoms with Gasteiger partial charge < -0.3 is 5.11 Å². The minimum atomic E-state index is -0.275. The average Bonchev–Trinajstić information content (AvgIpc) is 2.14. The van der Waals surface area contributed by atoms with Crippen molar-refractivity contribution in [3.63, 3.8) is 0 Å². The molecule has 2 unspecified atom stereocenters. The molecule has 1 N–H and O–H groups in total.